The van der Waals surface area contributed by atoms with Gasteiger partial charge in [0.15, 0.2) is 0 Å². The zero-order valence-electron chi connectivity index (χ0n) is 19.3. The number of hydrogen-bond acceptors (Lipinski definition) is 7. The van der Waals surface area contributed by atoms with Gasteiger partial charge in [-0.15, -0.1) is 5.10 Å². The minimum Gasteiger partial charge on any atom is -0.496 e. The van der Waals surface area contributed by atoms with Gasteiger partial charge in [0.1, 0.15) is 11.4 Å². The Labute approximate surface area is 199 Å². The average molecular weight is 487 g/mol. The number of hydrogen-bond donors (Lipinski definition) is 2. The summed E-state index contributed by atoms with van der Waals surface area (Å²) in [5.41, 5.74) is 2.26. The van der Waals surface area contributed by atoms with Crippen molar-refractivity contribution in [3.05, 3.63) is 60.3 Å². The van der Waals surface area contributed by atoms with Gasteiger partial charge in [-0.05, 0) is 49.9 Å². The molecule has 9 nitrogen and oxygen atoms in total. The number of sulfonamides is 1. The molecule has 2 heterocycles. The molecule has 10 heteroatoms. The Hall–Kier alpha value is -2.79. The fraction of sp³-hybridized carbons (Fsp3) is 0.417. The summed E-state index contributed by atoms with van der Waals surface area (Å²) in [6.45, 7) is 2.08. The summed E-state index contributed by atoms with van der Waals surface area (Å²) in [6.07, 6.45) is 3.05. The second-order valence-corrected chi connectivity index (χ2v) is 10.1. The van der Waals surface area contributed by atoms with E-state index < -0.39 is 22.2 Å². The van der Waals surface area contributed by atoms with Crippen molar-refractivity contribution in [2.24, 2.45) is 0 Å². The Kier molecular flexibility index (Phi) is 7.62. The number of benzene rings is 2. The molecule has 0 amide bonds. The van der Waals surface area contributed by atoms with Crippen molar-refractivity contribution < 1.29 is 23.0 Å². The van der Waals surface area contributed by atoms with Crippen LogP contribution in [0.3, 0.4) is 0 Å². The molecular formula is C24H30N4O5S. The number of aliphatic hydroxyl groups is 1. The Morgan fingerprint density at radius 3 is 2.71 bits per heavy atom. The van der Waals surface area contributed by atoms with Crippen LogP contribution < -0.4 is 9.46 Å². The van der Waals surface area contributed by atoms with Crippen molar-refractivity contribution in [2.45, 2.75) is 55.9 Å². The third-order valence-corrected chi connectivity index (χ3v) is 7.74. The number of aryl methyl sites for hydroxylation is 2. The molecule has 34 heavy (non-hydrogen) atoms. The number of methoxy groups -OCH3 is 1. The van der Waals surface area contributed by atoms with E-state index in [-0.39, 0.29) is 17.6 Å². The normalized spacial score (nSPS) is 20.9. The zero-order valence-corrected chi connectivity index (χ0v) is 20.1. The van der Waals surface area contributed by atoms with Crippen molar-refractivity contribution in [2.75, 3.05) is 13.7 Å². The molecule has 0 spiro atoms. The second-order valence-electron chi connectivity index (χ2n) is 8.41. The maximum Gasteiger partial charge on any atom is 0.241 e. The Morgan fingerprint density at radius 1 is 1.18 bits per heavy atom. The van der Waals surface area contributed by atoms with Crippen molar-refractivity contribution in [3.63, 3.8) is 0 Å². The molecule has 0 bridgehead atoms. The lowest BCUT2D eigenvalue weighted by atomic mass is 9.98. The number of nitrogens with zero attached hydrogens (tertiary/aromatic N) is 3. The van der Waals surface area contributed by atoms with Gasteiger partial charge in [0.2, 0.25) is 10.0 Å². The molecule has 2 aromatic carbocycles. The van der Waals surface area contributed by atoms with Gasteiger partial charge in [-0.2, -0.15) is 0 Å². The topological polar surface area (TPSA) is 116 Å². The van der Waals surface area contributed by atoms with Crippen molar-refractivity contribution in [3.8, 4) is 17.0 Å². The summed E-state index contributed by atoms with van der Waals surface area (Å²) < 4.78 is 41.7. The van der Waals surface area contributed by atoms with E-state index in [0.717, 1.165) is 17.0 Å². The number of aliphatic hydroxyl groups excluding tert-OH is 1. The van der Waals surface area contributed by atoms with Crippen LogP contribution in [0.15, 0.2) is 59.6 Å². The molecule has 0 aliphatic carbocycles. The third kappa shape index (κ3) is 5.47. The van der Waals surface area contributed by atoms with E-state index in [1.54, 1.807) is 43.0 Å². The predicted octanol–water partition coefficient (Wildman–Crippen LogP) is 2.54. The van der Waals surface area contributed by atoms with Crippen LogP contribution in [-0.4, -0.2) is 60.5 Å². The number of para-hydroxylation sites is 1. The van der Waals surface area contributed by atoms with Crippen LogP contribution in [0.1, 0.15) is 24.8 Å². The first-order chi connectivity index (χ1) is 16.4. The zero-order chi connectivity index (χ0) is 24.1. The lowest BCUT2D eigenvalue weighted by Crippen LogP contribution is -2.51. The lowest BCUT2D eigenvalue weighted by Gasteiger charge is -2.36. The van der Waals surface area contributed by atoms with Gasteiger partial charge in [-0.1, -0.05) is 35.5 Å². The van der Waals surface area contributed by atoms with Gasteiger partial charge in [-0.25, -0.2) is 13.1 Å². The molecule has 2 N–H and O–H groups in total. The molecular weight excluding hydrogens is 456 g/mol. The summed E-state index contributed by atoms with van der Waals surface area (Å²) >= 11 is 0. The number of nitrogens with one attached hydrogen (secondary N) is 1. The van der Waals surface area contributed by atoms with E-state index in [1.807, 2.05) is 30.5 Å². The van der Waals surface area contributed by atoms with E-state index >= 15 is 0 Å². The largest absolute Gasteiger partial charge is 0.496 e. The molecule has 0 radical (unpaired) electrons. The fourth-order valence-corrected chi connectivity index (χ4v) is 5.81. The number of aromatic nitrogens is 3. The number of rotatable bonds is 9. The molecule has 1 aromatic heterocycles. The van der Waals surface area contributed by atoms with Crippen LogP contribution in [0.25, 0.3) is 11.3 Å². The van der Waals surface area contributed by atoms with Crippen molar-refractivity contribution >= 4 is 10.0 Å². The van der Waals surface area contributed by atoms with E-state index in [0.29, 0.717) is 31.4 Å². The Morgan fingerprint density at radius 2 is 1.94 bits per heavy atom. The monoisotopic (exact) mass is 486 g/mol. The molecule has 1 fully saturated rings. The molecule has 1 saturated heterocycles. The summed E-state index contributed by atoms with van der Waals surface area (Å²) in [4.78, 5) is 0.242. The standard InChI is InChI=1S/C24H30N4O5S/c1-17-7-3-6-10-24(17)34(30,31)26-20-12-11-18(33-23(20)16-29)13-14-28-15-21(25-27-28)19-8-4-5-9-22(19)32-2/h3-10,15,18,20,23,26,29H,11-14,16H2,1-2H3/t18-,20+,23-/m0/s1. The molecule has 3 aromatic rings. The van der Waals surface area contributed by atoms with Crippen LogP contribution in [0.4, 0.5) is 0 Å². The average Bonchev–Trinajstić information content (AvgIpc) is 3.32. The van der Waals surface area contributed by atoms with Gasteiger partial charge in [0, 0.05) is 12.1 Å². The lowest BCUT2D eigenvalue weighted by molar-refractivity contribution is -0.0891. The first kappa shape index (κ1) is 24.3. The van der Waals surface area contributed by atoms with E-state index in [2.05, 4.69) is 15.0 Å². The van der Waals surface area contributed by atoms with Gasteiger partial charge in [-0.3, -0.25) is 4.68 Å². The highest BCUT2D eigenvalue weighted by atomic mass is 32.2. The third-order valence-electron chi connectivity index (χ3n) is 6.09. The van der Waals surface area contributed by atoms with Crippen LogP contribution >= 0.6 is 0 Å². The molecule has 0 saturated carbocycles. The summed E-state index contributed by atoms with van der Waals surface area (Å²) in [7, 11) is -2.09. The molecule has 3 atom stereocenters. The Balaban J connectivity index is 1.35. The maximum atomic E-state index is 12.9. The van der Waals surface area contributed by atoms with Crippen LogP contribution in [0.5, 0.6) is 5.75 Å². The van der Waals surface area contributed by atoms with Crippen LogP contribution in [0, 0.1) is 6.92 Å². The summed E-state index contributed by atoms with van der Waals surface area (Å²) in [5.74, 6) is 0.732. The van der Waals surface area contributed by atoms with Gasteiger partial charge >= 0.3 is 0 Å². The maximum absolute atomic E-state index is 12.9. The molecule has 4 rings (SSSR count). The summed E-state index contributed by atoms with van der Waals surface area (Å²) in [6, 6.07) is 14.0. The molecule has 182 valence electrons. The Bertz CT molecular complexity index is 1210. The van der Waals surface area contributed by atoms with E-state index in [1.165, 1.54) is 0 Å². The first-order valence-corrected chi connectivity index (χ1v) is 12.8. The van der Waals surface area contributed by atoms with Crippen molar-refractivity contribution in [1.29, 1.82) is 0 Å². The second kappa shape index (κ2) is 10.6. The fourth-order valence-electron chi connectivity index (χ4n) is 4.26. The smallest absolute Gasteiger partial charge is 0.241 e. The highest BCUT2D eigenvalue weighted by Crippen LogP contribution is 2.28. The van der Waals surface area contributed by atoms with E-state index in [4.69, 9.17) is 9.47 Å². The predicted molar refractivity (Wildman–Crippen MR) is 127 cm³/mol. The first-order valence-electron chi connectivity index (χ1n) is 11.3. The van der Waals surface area contributed by atoms with Crippen LogP contribution in [-0.2, 0) is 21.3 Å². The highest BCUT2D eigenvalue weighted by molar-refractivity contribution is 7.89. The number of ether oxygens (including phenoxy) is 2. The molecule has 0 unspecified atom stereocenters. The SMILES string of the molecule is COc1ccccc1-c1cn(CC[C@@H]2CC[C@@H](NS(=O)(=O)c3ccccc3C)[C@H](CO)O2)nn1. The van der Waals surface area contributed by atoms with E-state index in [9.17, 15) is 13.5 Å². The highest BCUT2D eigenvalue weighted by Gasteiger charge is 2.34. The van der Waals surface area contributed by atoms with Gasteiger partial charge in [0.25, 0.3) is 0 Å². The minimum absolute atomic E-state index is 0.115. The summed E-state index contributed by atoms with van der Waals surface area (Å²) in [5, 5.41) is 18.3. The van der Waals surface area contributed by atoms with Gasteiger partial charge < -0.3 is 14.6 Å². The molecule has 1 aliphatic rings. The minimum atomic E-state index is -3.71. The molecule has 1 aliphatic heterocycles. The quantitative estimate of drug-likeness (QED) is 0.478. The van der Waals surface area contributed by atoms with Crippen molar-refractivity contribution in [1.82, 2.24) is 19.7 Å². The van der Waals surface area contributed by atoms with Gasteiger partial charge in [0.05, 0.1) is 43.1 Å². The van der Waals surface area contributed by atoms with Crippen LogP contribution in [0.2, 0.25) is 0 Å².